The van der Waals surface area contributed by atoms with Crippen molar-refractivity contribution in [3.8, 4) is 0 Å². The molecule has 3 fully saturated rings. The van der Waals surface area contributed by atoms with E-state index in [1.807, 2.05) is 4.90 Å². The Bertz CT molecular complexity index is 345. The van der Waals surface area contributed by atoms with E-state index in [4.69, 9.17) is 0 Å². The van der Waals surface area contributed by atoms with Crippen LogP contribution in [-0.4, -0.2) is 47.9 Å². The predicted molar refractivity (Wildman–Crippen MR) is 62.3 cm³/mol. The molecule has 3 aliphatic heterocycles. The Morgan fingerprint density at radius 3 is 2.76 bits per heavy atom. The van der Waals surface area contributed by atoms with Crippen molar-refractivity contribution < 1.29 is 9.59 Å². The van der Waals surface area contributed by atoms with E-state index >= 15 is 0 Å². The fraction of sp³-hybridized carbons (Fsp3) is 0.833. The van der Waals surface area contributed by atoms with E-state index in [9.17, 15) is 9.59 Å². The summed E-state index contributed by atoms with van der Waals surface area (Å²) in [4.78, 5) is 26.2. The van der Waals surface area contributed by atoms with Gasteiger partial charge in [0.2, 0.25) is 11.8 Å². The number of nitrogens with one attached hydrogen (secondary N) is 2. The summed E-state index contributed by atoms with van der Waals surface area (Å²) in [6.45, 7) is 1.52. The summed E-state index contributed by atoms with van der Waals surface area (Å²) in [5.74, 6) is 0.184. The lowest BCUT2D eigenvalue weighted by Crippen LogP contribution is -2.59. The molecule has 5 nitrogen and oxygen atoms in total. The molecule has 0 aromatic heterocycles. The van der Waals surface area contributed by atoms with Crippen molar-refractivity contribution in [1.29, 1.82) is 0 Å². The van der Waals surface area contributed by atoms with Crippen molar-refractivity contribution in [3.63, 3.8) is 0 Å². The van der Waals surface area contributed by atoms with Gasteiger partial charge in [-0.25, -0.2) is 0 Å². The molecule has 17 heavy (non-hydrogen) atoms. The van der Waals surface area contributed by atoms with Gasteiger partial charge in [0.1, 0.15) is 6.04 Å². The van der Waals surface area contributed by atoms with Crippen molar-refractivity contribution in [2.75, 3.05) is 13.1 Å². The molecule has 3 atom stereocenters. The average Bonchev–Trinajstić information content (AvgIpc) is 2.75. The van der Waals surface area contributed by atoms with Crippen molar-refractivity contribution in [1.82, 2.24) is 15.5 Å². The van der Waals surface area contributed by atoms with Crippen LogP contribution in [0.25, 0.3) is 0 Å². The van der Waals surface area contributed by atoms with Gasteiger partial charge in [-0.15, -0.1) is 0 Å². The molecule has 3 rings (SSSR count). The highest BCUT2D eigenvalue weighted by Gasteiger charge is 2.45. The lowest BCUT2D eigenvalue weighted by molar-refractivity contribution is -0.145. The zero-order valence-electron chi connectivity index (χ0n) is 9.95. The Hall–Kier alpha value is -1.10. The first-order valence-electron chi connectivity index (χ1n) is 6.60. The van der Waals surface area contributed by atoms with Gasteiger partial charge in [0.25, 0.3) is 0 Å². The molecule has 0 aromatic rings. The SMILES string of the molecule is O=C1NCCCN[C@H]2CC[C@H]3CC[C@@H]1N3C2=O. The van der Waals surface area contributed by atoms with Gasteiger partial charge in [0.15, 0.2) is 0 Å². The van der Waals surface area contributed by atoms with E-state index in [0.717, 1.165) is 38.6 Å². The van der Waals surface area contributed by atoms with Crippen molar-refractivity contribution >= 4 is 11.8 Å². The van der Waals surface area contributed by atoms with Crippen LogP contribution in [0.4, 0.5) is 0 Å². The van der Waals surface area contributed by atoms with Gasteiger partial charge in [-0.2, -0.15) is 0 Å². The molecule has 0 saturated carbocycles. The quantitative estimate of drug-likeness (QED) is 0.603. The van der Waals surface area contributed by atoms with Gasteiger partial charge in [-0.3, -0.25) is 9.59 Å². The van der Waals surface area contributed by atoms with Crippen molar-refractivity contribution in [2.24, 2.45) is 0 Å². The molecule has 3 heterocycles. The molecule has 0 radical (unpaired) electrons. The molecule has 94 valence electrons. The third kappa shape index (κ3) is 1.82. The van der Waals surface area contributed by atoms with Crippen LogP contribution < -0.4 is 10.6 Å². The molecule has 2 bridgehead atoms. The summed E-state index contributed by atoms with van der Waals surface area (Å²) in [7, 11) is 0. The molecule has 5 heteroatoms. The van der Waals surface area contributed by atoms with Crippen molar-refractivity contribution in [3.05, 3.63) is 0 Å². The summed E-state index contributed by atoms with van der Waals surface area (Å²) < 4.78 is 0. The molecule has 2 N–H and O–H groups in total. The van der Waals surface area contributed by atoms with E-state index in [1.54, 1.807) is 0 Å². The maximum Gasteiger partial charge on any atom is 0.242 e. The van der Waals surface area contributed by atoms with Gasteiger partial charge in [-0.05, 0) is 38.6 Å². The Morgan fingerprint density at radius 2 is 1.88 bits per heavy atom. The number of amides is 2. The maximum atomic E-state index is 12.3. The molecule has 0 spiro atoms. The van der Waals surface area contributed by atoms with Gasteiger partial charge >= 0.3 is 0 Å². The van der Waals surface area contributed by atoms with Gasteiger partial charge < -0.3 is 15.5 Å². The van der Waals surface area contributed by atoms with Gasteiger partial charge in [-0.1, -0.05) is 0 Å². The third-order valence-electron chi connectivity index (χ3n) is 4.19. The third-order valence-corrected chi connectivity index (χ3v) is 4.19. The molecule has 0 aliphatic carbocycles. The molecule has 0 aromatic carbocycles. The van der Waals surface area contributed by atoms with Crippen LogP contribution in [0, 0.1) is 0 Å². The number of hydrogen-bond donors (Lipinski definition) is 2. The number of piperidine rings is 1. The Morgan fingerprint density at radius 1 is 1.06 bits per heavy atom. The highest BCUT2D eigenvalue weighted by molar-refractivity contribution is 5.91. The highest BCUT2D eigenvalue weighted by atomic mass is 16.2. The monoisotopic (exact) mass is 237 g/mol. The number of hydrogen-bond acceptors (Lipinski definition) is 3. The molecule has 2 amide bonds. The standard InChI is InChI=1S/C12H19N3O2/c16-11-10-5-3-8-2-4-9(12(17)15(8)10)13-6-1-7-14-11/h8-10,13H,1-7H2,(H,14,16)/t8-,9-,10-/m0/s1. The molecule has 3 aliphatic rings. The van der Waals surface area contributed by atoms with Crippen LogP contribution >= 0.6 is 0 Å². The fourth-order valence-electron chi connectivity index (χ4n) is 3.30. The van der Waals surface area contributed by atoms with E-state index < -0.39 is 0 Å². The second kappa shape index (κ2) is 4.29. The number of carbonyl (C=O) groups is 2. The molecular weight excluding hydrogens is 218 g/mol. The largest absolute Gasteiger partial charge is 0.354 e. The molecular formula is C12H19N3O2. The van der Waals surface area contributed by atoms with Crippen LogP contribution in [0.1, 0.15) is 32.1 Å². The normalized spacial score (nSPS) is 37.9. The number of fused-ring (bicyclic) bond motifs is 1. The highest BCUT2D eigenvalue weighted by Crippen LogP contribution is 2.32. The number of rotatable bonds is 0. The summed E-state index contributed by atoms with van der Waals surface area (Å²) >= 11 is 0. The summed E-state index contributed by atoms with van der Waals surface area (Å²) in [5.41, 5.74) is 0. The van der Waals surface area contributed by atoms with Crippen LogP contribution in [0.2, 0.25) is 0 Å². The lowest BCUT2D eigenvalue weighted by Gasteiger charge is -2.38. The topological polar surface area (TPSA) is 61.4 Å². The first-order valence-corrected chi connectivity index (χ1v) is 6.60. The summed E-state index contributed by atoms with van der Waals surface area (Å²) in [5, 5.41) is 6.24. The summed E-state index contributed by atoms with van der Waals surface area (Å²) in [6.07, 6.45) is 4.67. The maximum absolute atomic E-state index is 12.3. The van der Waals surface area contributed by atoms with E-state index in [-0.39, 0.29) is 23.9 Å². The first kappa shape index (κ1) is 11.0. The van der Waals surface area contributed by atoms with E-state index in [2.05, 4.69) is 10.6 Å². The van der Waals surface area contributed by atoms with E-state index in [0.29, 0.717) is 12.6 Å². The molecule has 0 unspecified atom stereocenters. The zero-order chi connectivity index (χ0) is 11.8. The number of carbonyl (C=O) groups excluding carboxylic acids is 2. The van der Waals surface area contributed by atoms with Crippen LogP contribution in [0.5, 0.6) is 0 Å². The van der Waals surface area contributed by atoms with Crippen LogP contribution in [0.3, 0.4) is 0 Å². The zero-order valence-corrected chi connectivity index (χ0v) is 9.95. The minimum Gasteiger partial charge on any atom is -0.354 e. The predicted octanol–water partition coefficient (Wildman–Crippen LogP) is -0.382. The fourth-order valence-corrected chi connectivity index (χ4v) is 3.30. The average molecular weight is 237 g/mol. The van der Waals surface area contributed by atoms with Crippen LogP contribution in [0.15, 0.2) is 0 Å². The second-order valence-electron chi connectivity index (χ2n) is 5.22. The summed E-state index contributed by atoms with van der Waals surface area (Å²) in [6, 6.07) is 0.0312. The Kier molecular flexibility index (Phi) is 2.78. The lowest BCUT2D eigenvalue weighted by atomic mass is 9.98. The molecule has 3 saturated heterocycles. The number of nitrogens with zero attached hydrogens (tertiary/aromatic N) is 1. The second-order valence-corrected chi connectivity index (χ2v) is 5.22. The van der Waals surface area contributed by atoms with Gasteiger partial charge in [0.05, 0.1) is 6.04 Å². The minimum atomic E-state index is -0.213. The first-order chi connectivity index (χ1) is 8.27. The van der Waals surface area contributed by atoms with Gasteiger partial charge in [0, 0.05) is 12.6 Å². The van der Waals surface area contributed by atoms with Crippen molar-refractivity contribution in [2.45, 2.75) is 50.2 Å². The Balaban J connectivity index is 1.87. The Labute approximate surface area is 101 Å². The minimum absolute atomic E-state index is 0.0448. The van der Waals surface area contributed by atoms with Crippen LogP contribution in [-0.2, 0) is 9.59 Å². The smallest absolute Gasteiger partial charge is 0.242 e. The van der Waals surface area contributed by atoms with E-state index in [1.165, 1.54) is 0 Å².